The van der Waals surface area contributed by atoms with Crippen LogP contribution in [-0.4, -0.2) is 22.4 Å². The number of halogens is 2. The van der Waals surface area contributed by atoms with Crippen molar-refractivity contribution in [2.45, 2.75) is 25.4 Å². The summed E-state index contributed by atoms with van der Waals surface area (Å²) in [5.74, 6) is 0.770. The molecule has 0 radical (unpaired) electrons. The minimum Gasteiger partial charge on any atom is -0.452 e. The molecule has 6 heteroatoms. The van der Waals surface area contributed by atoms with E-state index >= 15 is 0 Å². The first kappa shape index (κ1) is 13.9. The number of aromatic nitrogens is 1. The molecule has 2 heterocycles. The van der Waals surface area contributed by atoms with Gasteiger partial charge in [0.1, 0.15) is 11.5 Å². The smallest absolute Gasteiger partial charge is 0.270 e. The van der Waals surface area contributed by atoms with Crippen molar-refractivity contribution >= 4 is 37.8 Å². The summed E-state index contributed by atoms with van der Waals surface area (Å²) in [6.45, 7) is 0.456. The van der Waals surface area contributed by atoms with Crippen molar-refractivity contribution in [3.05, 3.63) is 45.0 Å². The number of carbonyl (C=O) groups is 1. The van der Waals surface area contributed by atoms with Crippen LogP contribution in [0.2, 0.25) is 0 Å². The standard InChI is InChI=1S/C14H14Br2N2O2/c1-17(8-11-4-5-13(16)20-11)14(19)12-6-9(15)7-18(12)10-2-3-10/h4-7,10H,2-3,8H2,1H3. The molecule has 0 bridgehead atoms. The molecule has 106 valence electrons. The highest BCUT2D eigenvalue weighted by molar-refractivity contribution is 9.10. The molecule has 2 aromatic rings. The Morgan fingerprint density at radius 3 is 2.80 bits per heavy atom. The number of nitrogens with zero attached hydrogens (tertiary/aromatic N) is 2. The van der Waals surface area contributed by atoms with E-state index in [4.69, 9.17) is 4.42 Å². The highest BCUT2D eigenvalue weighted by atomic mass is 79.9. The van der Waals surface area contributed by atoms with Crippen LogP contribution in [0.4, 0.5) is 0 Å². The number of furan rings is 1. The fourth-order valence-electron chi connectivity index (χ4n) is 2.21. The van der Waals surface area contributed by atoms with Crippen LogP contribution in [0.15, 0.2) is 38.0 Å². The van der Waals surface area contributed by atoms with Gasteiger partial charge in [-0.25, -0.2) is 0 Å². The molecule has 3 rings (SSSR count). The highest BCUT2D eigenvalue weighted by Crippen LogP contribution is 2.37. The van der Waals surface area contributed by atoms with Crippen molar-refractivity contribution in [3.63, 3.8) is 0 Å². The molecule has 0 spiro atoms. The normalized spacial score (nSPS) is 14.6. The fraction of sp³-hybridized carbons (Fsp3) is 0.357. The zero-order valence-corrected chi connectivity index (χ0v) is 14.1. The Labute approximate surface area is 134 Å². The zero-order valence-electron chi connectivity index (χ0n) is 11.0. The Morgan fingerprint density at radius 2 is 2.20 bits per heavy atom. The Bertz CT molecular complexity index is 643. The molecule has 2 aromatic heterocycles. The molecule has 1 aliphatic carbocycles. The molecule has 0 N–H and O–H groups in total. The zero-order chi connectivity index (χ0) is 14.3. The summed E-state index contributed by atoms with van der Waals surface area (Å²) in [6, 6.07) is 6.06. The van der Waals surface area contributed by atoms with Crippen LogP contribution in [0, 0.1) is 0 Å². The second-order valence-corrected chi connectivity index (χ2v) is 6.75. The molecule has 1 saturated carbocycles. The van der Waals surface area contributed by atoms with Gasteiger partial charge in [-0.2, -0.15) is 0 Å². The minimum absolute atomic E-state index is 0.00937. The van der Waals surface area contributed by atoms with Crippen LogP contribution in [0.5, 0.6) is 0 Å². The third-order valence-electron chi connectivity index (χ3n) is 3.34. The third kappa shape index (κ3) is 2.86. The maximum absolute atomic E-state index is 12.6. The van der Waals surface area contributed by atoms with Gasteiger partial charge >= 0.3 is 0 Å². The van der Waals surface area contributed by atoms with Crippen LogP contribution >= 0.6 is 31.9 Å². The van der Waals surface area contributed by atoms with Gasteiger partial charge in [0.25, 0.3) is 5.91 Å². The van der Waals surface area contributed by atoms with Crippen molar-refractivity contribution in [1.82, 2.24) is 9.47 Å². The molecule has 1 amide bonds. The average Bonchev–Trinajstić information content (AvgIpc) is 3.07. The number of carbonyl (C=O) groups excluding carboxylic acids is 1. The van der Waals surface area contributed by atoms with Crippen molar-refractivity contribution in [2.75, 3.05) is 7.05 Å². The molecule has 0 atom stereocenters. The number of hydrogen-bond donors (Lipinski definition) is 0. The van der Waals surface area contributed by atoms with Crippen LogP contribution < -0.4 is 0 Å². The van der Waals surface area contributed by atoms with Crippen molar-refractivity contribution < 1.29 is 9.21 Å². The van der Waals surface area contributed by atoms with E-state index in [1.165, 1.54) is 0 Å². The van der Waals surface area contributed by atoms with Crippen molar-refractivity contribution in [1.29, 1.82) is 0 Å². The summed E-state index contributed by atoms with van der Waals surface area (Å²) in [6.07, 6.45) is 4.29. The van der Waals surface area contributed by atoms with Crippen LogP contribution in [0.3, 0.4) is 0 Å². The Morgan fingerprint density at radius 1 is 1.45 bits per heavy atom. The van der Waals surface area contributed by atoms with E-state index < -0.39 is 0 Å². The van der Waals surface area contributed by atoms with Gasteiger partial charge in [0.15, 0.2) is 4.67 Å². The largest absolute Gasteiger partial charge is 0.452 e. The summed E-state index contributed by atoms with van der Waals surface area (Å²) < 4.78 is 9.14. The topological polar surface area (TPSA) is 38.4 Å². The van der Waals surface area contributed by atoms with Gasteiger partial charge in [-0.05, 0) is 62.9 Å². The summed E-state index contributed by atoms with van der Waals surface area (Å²) in [4.78, 5) is 14.2. The van der Waals surface area contributed by atoms with Gasteiger partial charge < -0.3 is 13.9 Å². The van der Waals surface area contributed by atoms with E-state index in [0.717, 1.165) is 28.8 Å². The number of rotatable bonds is 4. The van der Waals surface area contributed by atoms with Gasteiger partial charge in [0.2, 0.25) is 0 Å². The second-order valence-electron chi connectivity index (χ2n) is 5.05. The molecule has 0 saturated heterocycles. The Kier molecular flexibility index (Phi) is 3.77. The summed E-state index contributed by atoms with van der Waals surface area (Å²) in [5.41, 5.74) is 0.729. The lowest BCUT2D eigenvalue weighted by molar-refractivity contribution is 0.0764. The number of hydrogen-bond acceptors (Lipinski definition) is 2. The van der Waals surface area contributed by atoms with E-state index in [9.17, 15) is 4.79 Å². The fourth-order valence-corrected chi connectivity index (χ4v) is 2.99. The maximum Gasteiger partial charge on any atom is 0.270 e. The van der Waals surface area contributed by atoms with E-state index in [-0.39, 0.29) is 5.91 Å². The van der Waals surface area contributed by atoms with Crippen LogP contribution in [0.1, 0.15) is 35.1 Å². The van der Waals surface area contributed by atoms with E-state index in [0.29, 0.717) is 17.3 Å². The van der Waals surface area contributed by atoms with Crippen molar-refractivity contribution in [2.24, 2.45) is 0 Å². The summed E-state index contributed by atoms with van der Waals surface area (Å²) in [7, 11) is 1.79. The van der Waals surface area contributed by atoms with Gasteiger partial charge in [0.05, 0.1) is 6.54 Å². The van der Waals surface area contributed by atoms with Crippen LogP contribution in [0.25, 0.3) is 0 Å². The SMILES string of the molecule is CN(Cc1ccc(Br)o1)C(=O)c1cc(Br)cn1C1CC1. The first-order valence-corrected chi connectivity index (χ1v) is 8.00. The number of amides is 1. The molecule has 0 unspecified atom stereocenters. The lowest BCUT2D eigenvalue weighted by Crippen LogP contribution is -2.27. The molecule has 4 nitrogen and oxygen atoms in total. The second kappa shape index (κ2) is 5.41. The van der Waals surface area contributed by atoms with Gasteiger partial charge in [-0.1, -0.05) is 0 Å². The quantitative estimate of drug-likeness (QED) is 0.769. The predicted molar refractivity (Wildman–Crippen MR) is 82.6 cm³/mol. The van der Waals surface area contributed by atoms with E-state index in [1.807, 2.05) is 24.4 Å². The van der Waals surface area contributed by atoms with Crippen molar-refractivity contribution in [3.8, 4) is 0 Å². The lowest BCUT2D eigenvalue weighted by Gasteiger charge is -2.17. The predicted octanol–water partition coefficient (Wildman–Crippen LogP) is 4.21. The van der Waals surface area contributed by atoms with Gasteiger partial charge in [-0.3, -0.25) is 4.79 Å². The van der Waals surface area contributed by atoms with Crippen LogP contribution in [-0.2, 0) is 6.54 Å². The minimum atomic E-state index is 0.00937. The molecule has 1 fully saturated rings. The molecule has 0 aliphatic heterocycles. The monoisotopic (exact) mass is 400 g/mol. The lowest BCUT2D eigenvalue weighted by atomic mass is 10.3. The van der Waals surface area contributed by atoms with Gasteiger partial charge in [0, 0.05) is 23.8 Å². The summed E-state index contributed by atoms with van der Waals surface area (Å²) >= 11 is 6.72. The third-order valence-corrected chi connectivity index (χ3v) is 4.20. The maximum atomic E-state index is 12.6. The highest BCUT2D eigenvalue weighted by Gasteiger charge is 2.28. The average molecular weight is 402 g/mol. The molecular weight excluding hydrogens is 388 g/mol. The molecular formula is C14H14Br2N2O2. The van der Waals surface area contributed by atoms with E-state index in [1.54, 1.807) is 11.9 Å². The Hall–Kier alpha value is -1.01. The molecule has 20 heavy (non-hydrogen) atoms. The first-order chi connectivity index (χ1) is 9.54. The first-order valence-electron chi connectivity index (χ1n) is 6.41. The Balaban J connectivity index is 1.77. The molecule has 0 aromatic carbocycles. The van der Waals surface area contributed by atoms with E-state index in [2.05, 4.69) is 36.4 Å². The van der Waals surface area contributed by atoms with Gasteiger partial charge in [-0.15, -0.1) is 0 Å². The molecule has 1 aliphatic rings. The summed E-state index contributed by atoms with van der Waals surface area (Å²) in [5, 5.41) is 0.